The Bertz CT molecular complexity index is 1020. The molecule has 0 aliphatic rings. The van der Waals surface area contributed by atoms with Crippen molar-refractivity contribution in [2.45, 2.75) is 31.6 Å². The Morgan fingerprint density at radius 3 is 2.55 bits per heavy atom. The van der Waals surface area contributed by atoms with Crippen LogP contribution in [0.1, 0.15) is 25.5 Å². The second kappa shape index (κ2) is 10.8. The average Bonchev–Trinajstić information content (AvgIpc) is 3.19. The van der Waals surface area contributed by atoms with Gasteiger partial charge in [0.1, 0.15) is 5.75 Å². The fourth-order valence-corrected chi connectivity index (χ4v) is 4.12. The van der Waals surface area contributed by atoms with E-state index in [2.05, 4.69) is 35.9 Å². The van der Waals surface area contributed by atoms with Gasteiger partial charge in [0.05, 0.1) is 24.5 Å². The number of aromatic nitrogens is 3. The van der Waals surface area contributed by atoms with E-state index in [1.54, 1.807) is 13.2 Å². The zero-order chi connectivity index (χ0) is 22.2. The van der Waals surface area contributed by atoms with Gasteiger partial charge in [-0.2, -0.15) is 0 Å². The molecule has 7 heteroatoms. The highest BCUT2D eigenvalue weighted by molar-refractivity contribution is 7.99. The third kappa shape index (κ3) is 5.55. The minimum absolute atomic E-state index is 0.0375. The van der Waals surface area contributed by atoms with Gasteiger partial charge in [0.2, 0.25) is 5.91 Å². The van der Waals surface area contributed by atoms with Crippen LogP contribution in [0.5, 0.6) is 5.75 Å². The van der Waals surface area contributed by atoms with E-state index in [1.807, 2.05) is 59.2 Å². The van der Waals surface area contributed by atoms with Gasteiger partial charge in [0.15, 0.2) is 11.0 Å². The summed E-state index contributed by atoms with van der Waals surface area (Å²) in [5.74, 6) is 1.89. The molecular weight excluding hydrogens is 408 g/mol. The number of carbonyl (C=O) groups excluding carboxylic acids is 1. The van der Waals surface area contributed by atoms with Crippen molar-refractivity contribution in [3.63, 3.8) is 0 Å². The number of allylic oxidation sites excluding steroid dienone is 1. The van der Waals surface area contributed by atoms with Crippen molar-refractivity contribution < 1.29 is 9.53 Å². The molecule has 0 radical (unpaired) electrons. The van der Waals surface area contributed by atoms with E-state index in [0.29, 0.717) is 17.5 Å². The van der Waals surface area contributed by atoms with Crippen molar-refractivity contribution in [2.24, 2.45) is 5.92 Å². The Hall–Kier alpha value is -3.06. The van der Waals surface area contributed by atoms with E-state index >= 15 is 0 Å². The molecule has 2 aromatic carbocycles. The third-order valence-corrected chi connectivity index (χ3v) is 5.82. The molecule has 0 fully saturated rings. The highest BCUT2D eigenvalue weighted by Gasteiger charge is 2.20. The van der Waals surface area contributed by atoms with Crippen LogP contribution < -0.4 is 10.1 Å². The van der Waals surface area contributed by atoms with E-state index in [9.17, 15) is 4.79 Å². The first-order chi connectivity index (χ1) is 15.0. The molecular formula is C24H28N4O2S. The number of ether oxygens (including phenoxy) is 1. The molecule has 0 saturated heterocycles. The van der Waals surface area contributed by atoms with Crippen molar-refractivity contribution in [3.05, 3.63) is 72.8 Å². The number of methoxy groups -OCH3 is 1. The number of hydrogen-bond donors (Lipinski definition) is 1. The zero-order valence-corrected chi connectivity index (χ0v) is 18.9. The molecule has 0 bridgehead atoms. The van der Waals surface area contributed by atoms with Crippen LogP contribution in [0.3, 0.4) is 0 Å². The minimum Gasteiger partial charge on any atom is -0.496 e. The second-order valence-corrected chi connectivity index (χ2v) is 8.34. The number of amides is 1. The van der Waals surface area contributed by atoms with Gasteiger partial charge in [-0.3, -0.25) is 9.36 Å². The fourth-order valence-electron chi connectivity index (χ4n) is 3.36. The summed E-state index contributed by atoms with van der Waals surface area (Å²) in [5, 5.41) is 12.5. The standard InChI is InChI=1S/C24H28N4O2S/c1-5-15-28-23(19-13-9-10-14-20(19)30-4)26-27-24(28)31-16-21(29)25-22(17(2)3)18-11-7-6-8-12-18/h5-14,17,22H,1,15-16H2,2-4H3,(H,25,29). The Balaban J connectivity index is 1.75. The van der Waals surface area contributed by atoms with Gasteiger partial charge in [-0.15, -0.1) is 16.8 Å². The van der Waals surface area contributed by atoms with Gasteiger partial charge in [0.25, 0.3) is 0 Å². The summed E-state index contributed by atoms with van der Waals surface area (Å²) in [6.45, 7) is 8.58. The monoisotopic (exact) mass is 436 g/mol. The maximum absolute atomic E-state index is 12.7. The lowest BCUT2D eigenvalue weighted by Crippen LogP contribution is -2.33. The van der Waals surface area contributed by atoms with Gasteiger partial charge in [-0.1, -0.05) is 74.1 Å². The van der Waals surface area contributed by atoms with Crippen LogP contribution in [0.2, 0.25) is 0 Å². The molecule has 1 N–H and O–H groups in total. The number of carbonyl (C=O) groups is 1. The molecule has 162 valence electrons. The van der Waals surface area contributed by atoms with Crippen LogP contribution in [-0.4, -0.2) is 33.5 Å². The molecule has 1 heterocycles. The fraction of sp³-hybridized carbons (Fsp3) is 0.292. The number of nitrogens with one attached hydrogen (secondary N) is 1. The Labute approximate surface area is 187 Å². The van der Waals surface area contributed by atoms with Crippen LogP contribution in [-0.2, 0) is 11.3 Å². The molecule has 3 rings (SSSR count). The number of rotatable bonds is 10. The highest BCUT2D eigenvalue weighted by atomic mass is 32.2. The predicted molar refractivity (Wildman–Crippen MR) is 125 cm³/mol. The van der Waals surface area contributed by atoms with Crippen LogP contribution in [0.15, 0.2) is 72.4 Å². The summed E-state index contributed by atoms with van der Waals surface area (Å²) in [5.41, 5.74) is 1.95. The van der Waals surface area contributed by atoms with Crippen molar-refractivity contribution >= 4 is 17.7 Å². The molecule has 0 aliphatic carbocycles. The number of benzene rings is 2. The predicted octanol–water partition coefficient (Wildman–Crippen LogP) is 4.75. The van der Waals surface area contributed by atoms with Crippen LogP contribution in [0.25, 0.3) is 11.4 Å². The maximum Gasteiger partial charge on any atom is 0.230 e. The van der Waals surface area contributed by atoms with Crippen LogP contribution >= 0.6 is 11.8 Å². The van der Waals surface area contributed by atoms with E-state index in [1.165, 1.54) is 11.8 Å². The first kappa shape index (κ1) is 22.6. The summed E-state index contributed by atoms with van der Waals surface area (Å²) in [6.07, 6.45) is 1.79. The van der Waals surface area contributed by atoms with Gasteiger partial charge in [-0.25, -0.2) is 0 Å². The van der Waals surface area contributed by atoms with Crippen LogP contribution in [0.4, 0.5) is 0 Å². The maximum atomic E-state index is 12.7. The van der Waals surface area contributed by atoms with Crippen molar-refractivity contribution in [2.75, 3.05) is 12.9 Å². The first-order valence-electron chi connectivity index (χ1n) is 10.2. The van der Waals surface area contributed by atoms with Crippen molar-refractivity contribution in [1.29, 1.82) is 0 Å². The molecule has 0 spiro atoms. The molecule has 3 aromatic rings. The molecule has 0 saturated carbocycles. The number of hydrogen-bond acceptors (Lipinski definition) is 5. The summed E-state index contributed by atoms with van der Waals surface area (Å²) in [6, 6.07) is 17.7. The lowest BCUT2D eigenvalue weighted by molar-refractivity contribution is -0.119. The molecule has 31 heavy (non-hydrogen) atoms. The smallest absolute Gasteiger partial charge is 0.230 e. The van der Waals surface area contributed by atoms with Crippen molar-refractivity contribution in [1.82, 2.24) is 20.1 Å². The molecule has 0 aliphatic heterocycles. The first-order valence-corrected chi connectivity index (χ1v) is 11.2. The Morgan fingerprint density at radius 1 is 1.16 bits per heavy atom. The molecule has 1 unspecified atom stereocenters. The van der Waals surface area contributed by atoms with Gasteiger partial charge in [-0.05, 0) is 23.6 Å². The summed E-state index contributed by atoms with van der Waals surface area (Å²) in [7, 11) is 1.63. The normalized spacial score (nSPS) is 11.9. The van der Waals surface area contributed by atoms with E-state index in [0.717, 1.165) is 16.9 Å². The average molecular weight is 437 g/mol. The largest absolute Gasteiger partial charge is 0.496 e. The third-order valence-electron chi connectivity index (χ3n) is 4.85. The summed E-state index contributed by atoms with van der Waals surface area (Å²) >= 11 is 1.36. The lowest BCUT2D eigenvalue weighted by Gasteiger charge is -2.22. The molecule has 1 aromatic heterocycles. The SMILES string of the molecule is C=CCn1c(SCC(=O)NC(c2ccccc2)C(C)C)nnc1-c1ccccc1OC. The number of nitrogens with zero attached hydrogens (tertiary/aromatic N) is 3. The lowest BCUT2D eigenvalue weighted by atomic mass is 9.96. The minimum atomic E-state index is -0.0421. The topological polar surface area (TPSA) is 69.0 Å². The summed E-state index contributed by atoms with van der Waals surface area (Å²) in [4.78, 5) is 12.7. The summed E-state index contributed by atoms with van der Waals surface area (Å²) < 4.78 is 7.42. The Morgan fingerprint density at radius 2 is 1.87 bits per heavy atom. The second-order valence-electron chi connectivity index (χ2n) is 7.39. The zero-order valence-electron chi connectivity index (χ0n) is 18.1. The number of para-hydroxylation sites is 1. The van der Waals surface area contributed by atoms with Gasteiger partial charge in [0, 0.05) is 6.54 Å². The van der Waals surface area contributed by atoms with E-state index in [4.69, 9.17) is 4.74 Å². The van der Waals surface area contributed by atoms with Crippen molar-refractivity contribution in [3.8, 4) is 17.1 Å². The molecule has 1 atom stereocenters. The molecule has 6 nitrogen and oxygen atoms in total. The molecule has 1 amide bonds. The van der Waals surface area contributed by atoms with Crippen LogP contribution in [0, 0.1) is 5.92 Å². The highest BCUT2D eigenvalue weighted by Crippen LogP contribution is 2.31. The van der Waals surface area contributed by atoms with Gasteiger partial charge < -0.3 is 10.1 Å². The van der Waals surface area contributed by atoms with Gasteiger partial charge >= 0.3 is 0 Å². The quantitative estimate of drug-likeness (QED) is 0.367. The van der Waals surface area contributed by atoms with E-state index in [-0.39, 0.29) is 23.6 Å². The van der Waals surface area contributed by atoms with E-state index < -0.39 is 0 Å². The Kier molecular flexibility index (Phi) is 7.89. The number of thioether (sulfide) groups is 1.